The van der Waals surface area contributed by atoms with Gasteiger partial charge in [0.1, 0.15) is 19.3 Å². The van der Waals surface area contributed by atoms with Crippen LogP contribution in [0.25, 0.3) is 0 Å². The Labute approximate surface area is 479 Å². The number of hydrogen-bond donors (Lipinski definition) is 3. The lowest BCUT2D eigenvalue weighted by Crippen LogP contribution is -2.30. The highest BCUT2D eigenvalue weighted by Crippen LogP contribution is 2.45. The zero-order valence-electron chi connectivity index (χ0n) is 50.5. The summed E-state index contributed by atoms with van der Waals surface area (Å²) in [5, 5.41) is 10.5. The maximum absolute atomic E-state index is 12.9. The summed E-state index contributed by atoms with van der Waals surface area (Å²) >= 11 is 0. The van der Waals surface area contributed by atoms with Gasteiger partial charge in [-0.2, -0.15) is 0 Å². The van der Waals surface area contributed by atoms with Gasteiger partial charge in [0.05, 0.1) is 26.4 Å². The number of ether oxygens (including phenoxy) is 4. The smallest absolute Gasteiger partial charge is 0.462 e. The van der Waals surface area contributed by atoms with Crippen molar-refractivity contribution in [3.05, 3.63) is 0 Å². The first-order chi connectivity index (χ1) is 38.0. The van der Waals surface area contributed by atoms with Crippen LogP contribution in [0.15, 0.2) is 0 Å². The molecule has 0 aromatic rings. The molecule has 0 aliphatic carbocycles. The average molecular weight is 1170 g/mol. The van der Waals surface area contributed by atoms with Crippen molar-refractivity contribution in [2.75, 3.05) is 39.6 Å². The van der Waals surface area contributed by atoms with Crippen molar-refractivity contribution >= 4 is 39.5 Å². The van der Waals surface area contributed by atoms with E-state index in [2.05, 4.69) is 34.6 Å². The number of unbranched alkanes of at least 4 members (excludes halogenated alkanes) is 32. The Bertz CT molecular complexity index is 1550. The highest BCUT2D eigenvalue weighted by atomic mass is 31.2. The second-order valence-corrected chi connectivity index (χ2v) is 25.1. The Morgan fingerprint density at radius 3 is 0.861 bits per heavy atom. The first-order valence-electron chi connectivity index (χ1n) is 31.6. The van der Waals surface area contributed by atoms with Gasteiger partial charge in [0, 0.05) is 25.7 Å². The maximum atomic E-state index is 12.9. The first-order valence-corrected chi connectivity index (χ1v) is 34.6. The topological polar surface area (TPSA) is 237 Å². The summed E-state index contributed by atoms with van der Waals surface area (Å²) < 4.78 is 67.7. The molecule has 0 aromatic heterocycles. The summed E-state index contributed by atoms with van der Waals surface area (Å²) in [6.07, 6.45) is 36.3. The lowest BCUT2D eigenvalue weighted by atomic mass is 10.0. The molecule has 19 heteroatoms. The zero-order valence-corrected chi connectivity index (χ0v) is 52.3. The van der Waals surface area contributed by atoms with Gasteiger partial charge >= 0.3 is 39.5 Å². The van der Waals surface area contributed by atoms with Gasteiger partial charge in [0.25, 0.3) is 0 Å². The first kappa shape index (κ1) is 77.1. The molecule has 2 unspecified atom stereocenters. The van der Waals surface area contributed by atoms with Crippen molar-refractivity contribution < 1.29 is 80.2 Å². The fraction of sp³-hybridized carbons (Fsp3) is 0.933. The number of rotatable bonds is 60. The molecule has 0 aliphatic rings. The molecule has 17 nitrogen and oxygen atoms in total. The Morgan fingerprint density at radius 2 is 0.582 bits per heavy atom. The molecule has 5 atom stereocenters. The van der Waals surface area contributed by atoms with E-state index in [1.165, 1.54) is 109 Å². The third kappa shape index (κ3) is 55.0. The van der Waals surface area contributed by atoms with Gasteiger partial charge in [0.2, 0.25) is 0 Å². The Morgan fingerprint density at radius 1 is 0.342 bits per heavy atom. The fourth-order valence-corrected chi connectivity index (χ4v) is 10.5. The standard InChI is InChI=1S/C60H116O17P2/c1-6-9-12-15-18-21-22-23-24-26-29-36-41-46-60(65)77-56(50-71-58(63)44-39-34-31-30-32-37-42-53(4)5)52-75-79(68,69)73-48-54(61)47-72-78(66,67)74-51-55(49-70-57(62)43-38-33-27-20-17-14-11-8-3)76-59(64)45-40-35-28-25-19-16-13-10-7-2/h53-56,61H,6-52H2,1-5H3,(H,66,67)(H,68,69)/t54-,55+,56+/m0/s1. The molecule has 79 heavy (non-hydrogen) atoms. The minimum absolute atomic E-state index is 0.105. The predicted octanol–water partition coefficient (Wildman–Crippen LogP) is 16.2. The lowest BCUT2D eigenvalue weighted by molar-refractivity contribution is -0.161. The van der Waals surface area contributed by atoms with Gasteiger partial charge in [-0.25, -0.2) is 9.13 Å². The molecular formula is C60H116O17P2. The third-order valence-corrected chi connectivity index (χ3v) is 15.7. The highest BCUT2D eigenvalue weighted by Gasteiger charge is 2.30. The molecule has 0 aromatic carbocycles. The number of phosphoric ester groups is 2. The number of phosphoric acid groups is 2. The van der Waals surface area contributed by atoms with Crippen molar-refractivity contribution in [2.24, 2.45) is 5.92 Å². The molecule has 0 rings (SSSR count). The summed E-state index contributed by atoms with van der Waals surface area (Å²) in [4.78, 5) is 71.9. The van der Waals surface area contributed by atoms with Crippen LogP contribution in [0.3, 0.4) is 0 Å². The molecule has 0 spiro atoms. The van der Waals surface area contributed by atoms with E-state index < -0.39 is 97.5 Å². The lowest BCUT2D eigenvalue weighted by Gasteiger charge is -2.21. The third-order valence-electron chi connectivity index (χ3n) is 13.8. The van der Waals surface area contributed by atoms with Crippen molar-refractivity contribution in [1.82, 2.24) is 0 Å². The van der Waals surface area contributed by atoms with Crippen LogP contribution in [0.2, 0.25) is 0 Å². The summed E-state index contributed by atoms with van der Waals surface area (Å²) in [7, 11) is -9.87. The molecule has 0 amide bonds. The van der Waals surface area contributed by atoms with Crippen molar-refractivity contribution in [3.63, 3.8) is 0 Å². The molecule has 0 bridgehead atoms. The highest BCUT2D eigenvalue weighted by molar-refractivity contribution is 7.47. The Balaban J connectivity index is 5.21. The van der Waals surface area contributed by atoms with Crippen LogP contribution in [0.4, 0.5) is 0 Å². The van der Waals surface area contributed by atoms with E-state index in [0.29, 0.717) is 31.6 Å². The van der Waals surface area contributed by atoms with E-state index in [-0.39, 0.29) is 25.7 Å². The van der Waals surface area contributed by atoms with Crippen molar-refractivity contribution in [3.8, 4) is 0 Å². The second-order valence-electron chi connectivity index (χ2n) is 22.2. The Hall–Kier alpha value is -1.94. The van der Waals surface area contributed by atoms with Crippen LogP contribution in [0.1, 0.15) is 298 Å². The molecular weight excluding hydrogens is 1050 g/mol. The quantitative estimate of drug-likeness (QED) is 0.0222. The van der Waals surface area contributed by atoms with Crippen LogP contribution in [0.5, 0.6) is 0 Å². The molecule has 0 aliphatic heterocycles. The van der Waals surface area contributed by atoms with Gasteiger partial charge in [-0.1, -0.05) is 247 Å². The summed E-state index contributed by atoms with van der Waals surface area (Å²) in [5.41, 5.74) is 0. The second kappa shape index (κ2) is 54.0. The minimum atomic E-state index is -4.94. The largest absolute Gasteiger partial charge is 0.472 e. The number of aliphatic hydroxyl groups is 1. The summed E-state index contributed by atoms with van der Waals surface area (Å²) in [6, 6.07) is 0. The van der Waals surface area contributed by atoms with Crippen molar-refractivity contribution in [2.45, 2.75) is 316 Å². The fourth-order valence-electron chi connectivity index (χ4n) is 8.88. The van der Waals surface area contributed by atoms with Gasteiger partial charge < -0.3 is 33.8 Å². The monoisotopic (exact) mass is 1170 g/mol. The maximum Gasteiger partial charge on any atom is 0.472 e. The van der Waals surface area contributed by atoms with Crippen LogP contribution in [-0.2, 0) is 65.4 Å². The van der Waals surface area contributed by atoms with Gasteiger partial charge in [-0.3, -0.25) is 37.3 Å². The van der Waals surface area contributed by atoms with Crippen LogP contribution < -0.4 is 0 Å². The molecule has 0 saturated heterocycles. The number of esters is 4. The van der Waals surface area contributed by atoms with Gasteiger partial charge in [-0.15, -0.1) is 0 Å². The molecule has 0 saturated carbocycles. The zero-order chi connectivity index (χ0) is 58.5. The number of carbonyl (C=O) groups excluding carboxylic acids is 4. The SMILES string of the molecule is CCCCCCCCCCCCCCCC(=O)O[C@H](COC(=O)CCCCCCCCC(C)C)COP(=O)(O)OC[C@@H](O)COP(=O)(O)OC[C@@H](COC(=O)CCCCCCCCCC)OC(=O)CCCCCCCCCCC. The van der Waals surface area contributed by atoms with E-state index in [1.54, 1.807) is 0 Å². The predicted molar refractivity (Wildman–Crippen MR) is 312 cm³/mol. The van der Waals surface area contributed by atoms with Crippen LogP contribution in [-0.4, -0.2) is 96.7 Å². The molecule has 0 radical (unpaired) electrons. The molecule has 3 N–H and O–H groups in total. The Kier molecular flexibility index (Phi) is 52.7. The molecule has 0 fully saturated rings. The van der Waals surface area contributed by atoms with Gasteiger partial charge in [-0.05, 0) is 31.6 Å². The minimum Gasteiger partial charge on any atom is -0.462 e. The average Bonchev–Trinajstić information content (AvgIpc) is 3.41. The van der Waals surface area contributed by atoms with E-state index in [9.17, 15) is 43.2 Å². The van der Waals surface area contributed by atoms with Crippen LogP contribution in [0, 0.1) is 5.92 Å². The normalized spacial score (nSPS) is 14.3. The van der Waals surface area contributed by atoms with E-state index in [0.717, 1.165) is 103 Å². The number of carbonyl (C=O) groups is 4. The summed E-state index contributed by atoms with van der Waals surface area (Å²) in [5.74, 6) is -1.46. The number of hydrogen-bond acceptors (Lipinski definition) is 15. The summed E-state index contributed by atoms with van der Waals surface area (Å²) in [6.45, 7) is 7.04. The number of aliphatic hydroxyl groups excluding tert-OH is 1. The van der Waals surface area contributed by atoms with Gasteiger partial charge in [0.15, 0.2) is 12.2 Å². The molecule has 0 heterocycles. The molecule has 468 valence electrons. The van der Waals surface area contributed by atoms with Crippen LogP contribution >= 0.6 is 15.6 Å². The van der Waals surface area contributed by atoms with E-state index in [4.69, 9.17) is 37.0 Å². The van der Waals surface area contributed by atoms with Crippen molar-refractivity contribution in [1.29, 1.82) is 0 Å². The van der Waals surface area contributed by atoms with E-state index >= 15 is 0 Å². The van der Waals surface area contributed by atoms with E-state index in [1.807, 2.05) is 0 Å².